The number of halogens is 1. The third kappa shape index (κ3) is 2.45. The molecule has 0 spiro atoms. The summed E-state index contributed by atoms with van der Waals surface area (Å²) in [5.41, 5.74) is 1.64. The lowest BCUT2D eigenvalue weighted by Crippen LogP contribution is -2.27. The molecule has 1 saturated heterocycles. The van der Waals surface area contributed by atoms with Crippen LogP contribution < -0.4 is 0 Å². The summed E-state index contributed by atoms with van der Waals surface area (Å²) in [6.07, 6.45) is 1.76. The summed E-state index contributed by atoms with van der Waals surface area (Å²) < 4.78 is 7.20. The summed E-state index contributed by atoms with van der Waals surface area (Å²) >= 11 is 6.24. The topological polar surface area (TPSA) is 44.1 Å². The fourth-order valence-corrected chi connectivity index (χ4v) is 2.74. The lowest BCUT2D eigenvalue weighted by atomic mass is 9.98. The molecular formula is C13H19ClN2O2. The van der Waals surface area contributed by atoms with Gasteiger partial charge in [0.15, 0.2) is 5.78 Å². The fourth-order valence-electron chi connectivity index (χ4n) is 2.38. The second-order valence-corrected chi connectivity index (χ2v) is 5.26. The second kappa shape index (κ2) is 5.41. The molecule has 1 aliphatic rings. The first-order valence-corrected chi connectivity index (χ1v) is 6.77. The summed E-state index contributed by atoms with van der Waals surface area (Å²) in [6, 6.07) is 0. The van der Waals surface area contributed by atoms with E-state index in [0.29, 0.717) is 24.0 Å². The number of carbonyl (C=O) groups is 1. The minimum atomic E-state index is -0.277. The van der Waals surface area contributed by atoms with Crippen molar-refractivity contribution < 1.29 is 9.53 Å². The molecule has 0 aromatic carbocycles. The van der Waals surface area contributed by atoms with Gasteiger partial charge in [0.2, 0.25) is 0 Å². The van der Waals surface area contributed by atoms with E-state index in [1.807, 2.05) is 14.0 Å². The van der Waals surface area contributed by atoms with Gasteiger partial charge in [-0.3, -0.25) is 9.48 Å². The molecule has 4 nitrogen and oxygen atoms in total. The lowest BCUT2D eigenvalue weighted by Gasteiger charge is -2.13. The van der Waals surface area contributed by atoms with Crippen molar-refractivity contribution in [1.82, 2.24) is 9.78 Å². The average molecular weight is 271 g/mol. The zero-order valence-electron chi connectivity index (χ0n) is 11.1. The quantitative estimate of drug-likeness (QED) is 0.842. The molecule has 0 amide bonds. The Labute approximate surface area is 112 Å². The van der Waals surface area contributed by atoms with Crippen LogP contribution in [0.5, 0.6) is 0 Å². The summed E-state index contributed by atoms with van der Waals surface area (Å²) in [6.45, 7) is 4.73. The molecule has 0 aliphatic carbocycles. The Hall–Kier alpha value is -0.870. The molecule has 1 aliphatic heterocycles. The van der Waals surface area contributed by atoms with E-state index in [1.54, 1.807) is 4.68 Å². The average Bonchev–Trinajstić information content (AvgIpc) is 2.87. The molecule has 0 radical (unpaired) electrons. The molecule has 18 heavy (non-hydrogen) atoms. The molecule has 2 rings (SSSR count). The molecule has 1 fully saturated rings. The van der Waals surface area contributed by atoms with E-state index in [-0.39, 0.29) is 11.9 Å². The van der Waals surface area contributed by atoms with Crippen molar-refractivity contribution in [2.45, 2.75) is 39.2 Å². The van der Waals surface area contributed by atoms with Crippen molar-refractivity contribution >= 4 is 17.4 Å². The van der Waals surface area contributed by atoms with Gasteiger partial charge in [-0.2, -0.15) is 5.10 Å². The maximum atomic E-state index is 12.2. The van der Waals surface area contributed by atoms with Gasteiger partial charge in [0, 0.05) is 13.7 Å². The molecule has 2 unspecified atom stereocenters. The first-order valence-electron chi connectivity index (χ1n) is 6.39. The Balaban J connectivity index is 2.14. The van der Waals surface area contributed by atoms with Crippen LogP contribution in [0.1, 0.15) is 31.7 Å². The van der Waals surface area contributed by atoms with E-state index in [4.69, 9.17) is 16.3 Å². The number of ketones is 1. The Bertz CT molecular complexity index is 456. The number of nitrogens with zero attached hydrogens (tertiary/aromatic N) is 2. The number of carbonyl (C=O) groups excluding carboxylic acids is 1. The fraction of sp³-hybridized carbons (Fsp3) is 0.692. The van der Waals surface area contributed by atoms with Gasteiger partial charge in [-0.25, -0.2) is 0 Å². The van der Waals surface area contributed by atoms with E-state index in [2.05, 4.69) is 12.0 Å². The molecule has 0 saturated carbocycles. The number of aryl methyl sites for hydroxylation is 2. The van der Waals surface area contributed by atoms with Crippen molar-refractivity contribution in [3.05, 3.63) is 16.4 Å². The van der Waals surface area contributed by atoms with Crippen LogP contribution >= 0.6 is 11.6 Å². The van der Waals surface area contributed by atoms with Crippen LogP contribution in [0.15, 0.2) is 0 Å². The Morgan fingerprint density at radius 3 is 2.83 bits per heavy atom. The highest BCUT2D eigenvalue weighted by Crippen LogP contribution is 2.25. The van der Waals surface area contributed by atoms with Crippen LogP contribution in [-0.4, -0.2) is 28.3 Å². The number of rotatable bonds is 4. The highest BCUT2D eigenvalue weighted by molar-refractivity contribution is 6.32. The molecule has 1 aromatic rings. The molecule has 5 heteroatoms. The normalized spacial score (nSPS) is 23.6. The van der Waals surface area contributed by atoms with Gasteiger partial charge in [0.05, 0.1) is 22.8 Å². The van der Waals surface area contributed by atoms with Crippen molar-refractivity contribution in [2.24, 2.45) is 13.0 Å². The standard InChI is InChI=1S/C13H19ClN2O2/c1-4-9-12(14)10(16(3)15-9)7-11(17)13-8(2)5-6-18-13/h8,13H,4-7H2,1-3H3. The van der Waals surface area contributed by atoms with Gasteiger partial charge in [-0.05, 0) is 18.8 Å². The lowest BCUT2D eigenvalue weighted by molar-refractivity contribution is -0.128. The molecule has 2 heterocycles. The number of hydrogen-bond donors (Lipinski definition) is 0. The van der Waals surface area contributed by atoms with Gasteiger partial charge in [0.1, 0.15) is 6.10 Å². The Kier molecular flexibility index (Phi) is 4.07. The maximum absolute atomic E-state index is 12.2. The number of hydrogen-bond acceptors (Lipinski definition) is 3. The molecule has 2 atom stereocenters. The maximum Gasteiger partial charge on any atom is 0.167 e. The Morgan fingerprint density at radius 2 is 2.33 bits per heavy atom. The highest BCUT2D eigenvalue weighted by Gasteiger charge is 2.31. The van der Waals surface area contributed by atoms with Crippen LogP contribution in [0.2, 0.25) is 5.02 Å². The van der Waals surface area contributed by atoms with E-state index in [0.717, 1.165) is 24.2 Å². The minimum Gasteiger partial charge on any atom is -0.370 e. The first kappa shape index (κ1) is 13.6. The van der Waals surface area contributed by atoms with E-state index in [9.17, 15) is 4.79 Å². The van der Waals surface area contributed by atoms with Crippen LogP contribution in [0.4, 0.5) is 0 Å². The van der Waals surface area contributed by atoms with Crippen LogP contribution in [-0.2, 0) is 29.4 Å². The predicted molar refractivity (Wildman–Crippen MR) is 69.8 cm³/mol. The third-order valence-electron chi connectivity index (χ3n) is 3.55. The zero-order chi connectivity index (χ0) is 13.3. The summed E-state index contributed by atoms with van der Waals surface area (Å²) in [7, 11) is 1.83. The van der Waals surface area contributed by atoms with Gasteiger partial charge in [-0.15, -0.1) is 0 Å². The Morgan fingerprint density at radius 1 is 1.61 bits per heavy atom. The number of Topliss-reactive ketones (excluding diaryl/α,β-unsaturated/α-hetero) is 1. The van der Waals surface area contributed by atoms with Crippen LogP contribution in [0, 0.1) is 5.92 Å². The van der Waals surface area contributed by atoms with Crippen molar-refractivity contribution in [1.29, 1.82) is 0 Å². The molecule has 100 valence electrons. The van der Waals surface area contributed by atoms with Crippen LogP contribution in [0.25, 0.3) is 0 Å². The van der Waals surface area contributed by atoms with Gasteiger partial charge in [0.25, 0.3) is 0 Å². The smallest absolute Gasteiger partial charge is 0.167 e. The van der Waals surface area contributed by atoms with Crippen molar-refractivity contribution in [2.75, 3.05) is 6.61 Å². The van der Waals surface area contributed by atoms with E-state index < -0.39 is 0 Å². The summed E-state index contributed by atoms with van der Waals surface area (Å²) in [5.74, 6) is 0.405. The monoisotopic (exact) mass is 270 g/mol. The van der Waals surface area contributed by atoms with E-state index >= 15 is 0 Å². The predicted octanol–water partition coefficient (Wildman–Crippen LogP) is 2.17. The third-order valence-corrected chi connectivity index (χ3v) is 3.99. The highest BCUT2D eigenvalue weighted by atomic mass is 35.5. The SMILES string of the molecule is CCc1nn(C)c(CC(=O)C2OCCC2C)c1Cl. The first-order chi connectivity index (χ1) is 8.54. The molecule has 1 aromatic heterocycles. The summed E-state index contributed by atoms with van der Waals surface area (Å²) in [4.78, 5) is 12.2. The number of ether oxygens (including phenoxy) is 1. The minimum absolute atomic E-state index is 0.104. The second-order valence-electron chi connectivity index (χ2n) is 4.88. The van der Waals surface area contributed by atoms with Crippen molar-refractivity contribution in [3.8, 4) is 0 Å². The van der Waals surface area contributed by atoms with Crippen molar-refractivity contribution in [3.63, 3.8) is 0 Å². The largest absolute Gasteiger partial charge is 0.370 e. The van der Waals surface area contributed by atoms with E-state index in [1.165, 1.54) is 0 Å². The number of aromatic nitrogens is 2. The summed E-state index contributed by atoms with van der Waals surface area (Å²) in [5, 5.41) is 4.94. The molecular weight excluding hydrogens is 252 g/mol. The molecule has 0 bridgehead atoms. The van der Waals surface area contributed by atoms with Gasteiger partial charge >= 0.3 is 0 Å². The van der Waals surface area contributed by atoms with Gasteiger partial charge < -0.3 is 4.74 Å². The zero-order valence-corrected chi connectivity index (χ0v) is 11.8. The van der Waals surface area contributed by atoms with Gasteiger partial charge in [-0.1, -0.05) is 25.4 Å². The van der Waals surface area contributed by atoms with Crippen LogP contribution in [0.3, 0.4) is 0 Å². The molecule has 0 N–H and O–H groups in total.